The molecule has 1 aliphatic rings. The van der Waals surface area contributed by atoms with Gasteiger partial charge in [-0.1, -0.05) is 39.6 Å². The third-order valence-corrected chi connectivity index (χ3v) is 4.86. The zero-order valence-corrected chi connectivity index (χ0v) is 14.0. The summed E-state index contributed by atoms with van der Waals surface area (Å²) in [6.45, 7) is 3.04. The van der Waals surface area contributed by atoms with Crippen LogP contribution in [0.1, 0.15) is 30.1 Å². The summed E-state index contributed by atoms with van der Waals surface area (Å²) < 4.78 is 0.814. The minimum Gasteiger partial charge on any atom is -0.409 e. The molecule has 1 aliphatic heterocycles. The van der Waals surface area contributed by atoms with E-state index >= 15 is 0 Å². The van der Waals surface area contributed by atoms with Crippen LogP contribution in [0.5, 0.6) is 0 Å². The van der Waals surface area contributed by atoms with E-state index < -0.39 is 0 Å². The molecular formula is C14H17BrClN3O2. The molecule has 1 aromatic carbocycles. The minimum atomic E-state index is -0.368. The van der Waals surface area contributed by atoms with E-state index in [2.05, 4.69) is 21.1 Å². The maximum absolute atomic E-state index is 12.5. The molecule has 1 amide bonds. The fourth-order valence-corrected chi connectivity index (χ4v) is 2.97. The largest absolute Gasteiger partial charge is 0.409 e. The Balaban J connectivity index is 2.12. The van der Waals surface area contributed by atoms with Gasteiger partial charge < -0.3 is 15.8 Å². The molecule has 0 atom stereocenters. The molecule has 0 saturated carbocycles. The summed E-state index contributed by atoms with van der Waals surface area (Å²) in [7, 11) is 0. The molecule has 1 heterocycles. The van der Waals surface area contributed by atoms with Crippen LogP contribution in [-0.2, 0) is 0 Å². The molecule has 0 bridgehead atoms. The first-order chi connectivity index (χ1) is 9.87. The first-order valence-electron chi connectivity index (χ1n) is 6.60. The van der Waals surface area contributed by atoms with Crippen molar-refractivity contribution in [3.63, 3.8) is 0 Å². The highest BCUT2D eigenvalue weighted by molar-refractivity contribution is 9.10. The van der Waals surface area contributed by atoms with Crippen LogP contribution in [-0.4, -0.2) is 34.9 Å². The fraction of sp³-hybridized carbons (Fsp3) is 0.429. The molecule has 1 fully saturated rings. The summed E-state index contributed by atoms with van der Waals surface area (Å²) in [5.74, 6) is 0.123. The molecule has 2 rings (SSSR count). The van der Waals surface area contributed by atoms with E-state index in [0.717, 1.165) is 4.47 Å². The van der Waals surface area contributed by atoms with Gasteiger partial charge in [-0.2, -0.15) is 0 Å². The summed E-state index contributed by atoms with van der Waals surface area (Å²) in [5.41, 5.74) is 5.84. The van der Waals surface area contributed by atoms with Crippen LogP contribution < -0.4 is 5.73 Å². The fourth-order valence-electron chi connectivity index (χ4n) is 2.41. The van der Waals surface area contributed by atoms with Crippen molar-refractivity contribution < 1.29 is 10.0 Å². The molecular weight excluding hydrogens is 358 g/mol. The van der Waals surface area contributed by atoms with Gasteiger partial charge in [-0.05, 0) is 31.0 Å². The Morgan fingerprint density at radius 3 is 2.67 bits per heavy atom. The van der Waals surface area contributed by atoms with E-state index in [4.69, 9.17) is 22.5 Å². The summed E-state index contributed by atoms with van der Waals surface area (Å²) in [6.07, 6.45) is 1.31. The molecule has 0 aromatic heterocycles. The molecule has 114 valence electrons. The van der Waals surface area contributed by atoms with Crippen LogP contribution >= 0.6 is 27.5 Å². The Hall–Kier alpha value is -1.27. The number of nitrogens with two attached hydrogens (primary N) is 1. The van der Waals surface area contributed by atoms with Crippen molar-refractivity contribution in [3.8, 4) is 0 Å². The number of likely N-dealkylation sites (tertiary alicyclic amines) is 1. The van der Waals surface area contributed by atoms with Crippen LogP contribution in [0.4, 0.5) is 0 Å². The van der Waals surface area contributed by atoms with E-state index in [1.54, 1.807) is 23.1 Å². The zero-order chi connectivity index (χ0) is 15.6. The number of hydrogen-bond acceptors (Lipinski definition) is 3. The van der Waals surface area contributed by atoms with Gasteiger partial charge in [0.2, 0.25) is 0 Å². The van der Waals surface area contributed by atoms with E-state index in [1.807, 2.05) is 6.92 Å². The average molecular weight is 375 g/mol. The highest BCUT2D eigenvalue weighted by atomic mass is 79.9. The lowest BCUT2D eigenvalue weighted by Gasteiger charge is -2.38. The molecule has 0 radical (unpaired) electrons. The van der Waals surface area contributed by atoms with Gasteiger partial charge in [0.25, 0.3) is 5.91 Å². The lowest BCUT2D eigenvalue weighted by molar-refractivity contribution is 0.0666. The van der Waals surface area contributed by atoms with Crippen molar-refractivity contribution in [2.75, 3.05) is 13.1 Å². The molecule has 0 unspecified atom stereocenters. The Morgan fingerprint density at radius 1 is 1.48 bits per heavy atom. The zero-order valence-electron chi connectivity index (χ0n) is 11.6. The number of piperidine rings is 1. The predicted octanol–water partition coefficient (Wildman–Crippen LogP) is 3.09. The van der Waals surface area contributed by atoms with Crippen LogP contribution in [0.15, 0.2) is 27.8 Å². The number of carbonyl (C=O) groups excluding carboxylic acids is 1. The second-order valence-electron chi connectivity index (χ2n) is 5.46. The van der Waals surface area contributed by atoms with Crippen molar-refractivity contribution >= 4 is 39.3 Å². The molecule has 1 saturated heterocycles. The van der Waals surface area contributed by atoms with Gasteiger partial charge in [0.15, 0.2) is 0 Å². The molecule has 0 spiro atoms. The second kappa shape index (κ2) is 6.23. The van der Waals surface area contributed by atoms with Gasteiger partial charge in [0, 0.05) is 23.0 Å². The van der Waals surface area contributed by atoms with Crippen LogP contribution in [0.3, 0.4) is 0 Å². The van der Waals surface area contributed by atoms with Gasteiger partial charge in [0.05, 0.1) is 10.6 Å². The molecule has 21 heavy (non-hydrogen) atoms. The first kappa shape index (κ1) is 16.1. The van der Waals surface area contributed by atoms with Crippen molar-refractivity contribution in [1.29, 1.82) is 0 Å². The summed E-state index contributed by atoms with van der Waals surface area (Å²) in [5, 5.41) is 12.4. The van der Waals surface area contributed by atoms with E-state index in [1.165, 1.54) is 0 Å². The van der Waals surface area contributed by atoms with Gasteiger partial charge in [0.1, 0.15) is 5.84 Å². The molecule has 1 aromatic rings. The predicted molar refractivity (Wildman–Crippen MR) is 85.8 cm³/mol. The monoisotopic (exact) mass is 373 g/mol. The van der Waals surface area contributed by atoms with E-state index in [0.29, 0.717) is 36.5 Å². The number of amides is 1. The van der Waals surface area contributed by atoms with Gasteiger partial charge in [-0.15, -0.1) is 0 Å². The Morgan fingerprint density at radius 2 is 2.10 bits per heavy atom. The topological polar surface area (TPSA) is 78.9 Å². The summed E-state index contributed by atoms with van der Waals surface area (Å²) >= 11 is 9.44. The van der Waals surface area contributed by atoms with Gasteiger partial charge in [-0.3, -0.25) is 4.79 Å². The van der Waals surface area contributed by atoms with Crippen molar-refractivity contribution in [2.24, 2.45) is 16.3 Å². The lowest BCUT2D eigenvalue weighted by Crippen LogP contribution is -2.47. The van der Waals surface area contributed by atoms with Gasteiger partial charge >= 0.3 is 0 Å². The quantitative estimate of drug-likeness (QED) is 0.361. The maximum atomic E-state index is 12.5. The van der Waals surface area contributed by atoms with E-state index in [-0.39, 0.29) is 17.2 Å². The second-order valence-corrected chi connectivity index (χ2v) is 6.79. The third kappa shape index (κ3) is 3.32. The SMILES string of the molecule is CC1(/C(N)=N/O)CCN(C(=O)c2cc(Br)ccc2Cl)CC1. The molecule has 0 aliphatic carbocycles. The third-order valence-electron chi connectivity index (χ3n) is 4.04. The smallest absolute Gasteiger partial charge is 0.255 e. The standard InChI is InChI=1S/C14H17BrClN3O2/c1-14(13(17)18-21)4-6-19(7-5-14)12(20)10-8-9(15)2-3-11(10)16/h2-3,8,21H,4-7H2,1H3,(H2,17,18). The number of amidine groups is 1. The Labute approximate surface area is 136 Å². The van der Waals surface area contributed by atoms with Crippen molar-refractivity contribution in [2.45, 2.75) is 19.8 Å². The highest BCUT2D eigenvalue weighted by Gasteiger charge is 2.36. The van der Waals surface area contributed by atoms with Gasteiger partial charge in [-0.25, -0.2) is 0 Å². The highest BCUT2D eigenvalue weighted by Crippen LogP contribution is 2.32. The molecule has 7 heteroatoms. The van der Waals surface area contributed by atoms with Crippen LogP contribution in [0.2, 0.25) is 5.02 Å². The molecule has 5 nitrogen and oxygen atoms in total. The van der Waals surface area contributed by atoms with Crippen LogP contribution in [0, 0.1) is 5.41 Å². The Bertz CT molecular complexity index is 584. The maximum Gasteiger partial charge on any atom is 0.255 e. The van der Waals surface area contributed by atoms with Crippen molar-refractivity contribution in [1.82, 2.24) is 4.90 Å². The normalized spacial score (nSPS) is 18.6. The minimum absolute atomic E-state index is 0.0946. The van der Waals surface area contributed by atoms with Crippen molar-refractivity contribution in [3.05, 3.63) is 33.3 Å². The Kier molecular flexibility index (Phi) is 4.78. The summed E-state index contributed by atoms with van der Waals surface area (Å²) in [4.78, 5) is 14.3. The molecule has 3 N–H and O–H groups in total. The average Bonchev–Trinajstić information content (AvgIpc) is 2.49. The lowest BCUT2D eigenvalue weighted by atomic mass is 9.79. The number of rotatable bonds is 2. The van der Waals surface area contributed by atoms with Crippen LogP contribution in [0.25, 0.3) is 0 Å². The number of nitrogens with zero attached hydrogens (tertiary/aromatic N) is 2. The number of halogens is 2. The number of carbonyl (C=O) groups is 1. The number of oxime groups is 1. The van der Waals surface area contributed by atoms with E-state index in [9.17, 15) is 4.79 Å². The number of hydrogen-bond donors (Lipinski definition) is 2. The first-order valence-corrected chi connectivity index (χ1v) is 7.77. The number of benzene rings is 1. The summed E-state index contributed by atoms with van der Waals surface area (Å²) in [6, 6.07) is 5.22.